The van der Waals surface area contributed by atoms with Crippen LogP contribution in [0.3, 0.4) is 0 Å². The van der Waals surface area contributed by atoms with Gasteiger partial charge in [0, 0.05) is 44.1 Å². The highest BCUT2D eigenvalue weighted by Crippen LogP contribution is 2.27. The van der Waals surface area contributed by atoms with Gasteiger partial charge in [-0.3, -0.25) is 0 Å². The summed E-state index contributed by atoms with van der Waals surface area (Å²) < 4.78 is 7.08. The summed E-state index contributed by atoms with van der Waals surface area (Å²) in [6, 6.07) is 12.9. The van der Waals surface area contributed by atoms with E-state index in [1.807, 2.05) is 35.9 Å². The van der Waals surface area contributed by atoms with Gasteiger partial charge in [0.2, 0.25) is 11.7 Å². The highest BCUT2D eigenvalue weighted by molar-refractivity contribution is 5.94. The van der Waals surface area contributed by atoms with Gasteiger partial charge in [-0.1, -0.05) is 17.3 Å². The maximum atomic E-state index is 11.2. The van der Waals surface area contributed by atoms with Gasteiger partial charge in [0.05, 0.1) is 16.6 Å². The van der Waals surface area contributed by atoms with Gasteiger partial charge >= 0.3 is 5.97 Å². The van der Waals surface area contributed by atoms with Crippen molar-refractivity contribution in [1.82, 2.24) is 24.7 Å². The van der Waals surface area contributed by atoms with Crippen LogP contribution < -0.4 is 5.32 Å². The Bertz CT molecular complexity index is 1470. The Balaban J connectivity index is 1.38. The van der Waals surface area contributed by atoms with Crippen molar-refractivity contribution < 1.29 is 14.4 Å². The van der Waals surface area contributed by atoms with Crippen LogP contribution in [-0.2, 0) is 13.5 Å². The SMILES string of the molecule is Cc1nc(-c2ccc3ccnc(NCCc4nc5cc(C(=O)O)ccc5n4C)c3c2)no1. The van der Waals surface area contributed by atoms with Gasteiger partial charge < -0.3 is 19.5 Å². The molecule has 32 heavy (non-hydrogen) atoms. The number of nitrogens with one attached hydrogen (secondary N) is 1. The fraction of sp³-hybridized carbons (Fsp3) is 0.174. The predicted octanol–water partition coefficient (Wildman–Crippen LogP) is 3.83. The summed E-state index contributed by atoms with van der Waals surface area (Å²) in [7, 11) is 1.93. The second-order valence-corrected chi connectivity index (χ2v) is 7.50. The van der Waals surface area contributed by atoms with E-state index in [1.54, 1.807) is 31.3 Å². The standard InChI is InChI=1S/C23H20N6O3/c1-13-26-21(28-32-13)15-4-3-14-7-9-24-22(17(14)11-15)25-10-8-20-27-18-12-16(23(30)31)5-6-19(18)29(20)2/h3-7,9,11-12H,8,10H2,1-2H3,(H,24,25)(H,30,31). The van der Waals surface area contributed by atoms with E-state index in [0.29, 0.717) is 30.2 Å². The number of aryl methyl sites for hydroxylation is 2. The summed E-state index contributed by atoms with van der Waals surface area (Å²) in [5.41, 5.74) is 2.65. The first kappa shape index (κ1) is 19.7. The number of anilines is 1. The molecule has 5 rings (SSSR count). The number of rotatable bonds is 6. The Morgan fingerprint density at radius 3 is 2.81 bits per heavy atom. The third-order valence-corrected chi connectivity index (χ3v) is 5.41. The summed E-state index contributed by atoms with van der Waals surface area (Å²) in [5, 5.41) is 18.6. The fourth-order valence-electron chi connectivity index (χ4n) is 3.76. The van der Waals surface area contributed by atoms with Crippen molar-refractivity contribution in [3.8, 4) is 11.4 Å². The number of hydrogen-bond acceptors (Lipinski definition) is 7. The molecule has 9 heteroatoms. The van der Waals surface area contributed by atoms with E-state index >= 15 is 0 Å². The molecule has 9 nitrogen and oxygen atoms in total. The van der Waals surface area contributed by atoms with Gasteiger partial charge in [0.15, 0.2) is 0 Å². The summed E-state index contributed by atoms with van der Waals surface area (Å²) in [6.45, 7) is 2.37. The molecule has 0 fully saturated rings. The zero-order chi connectivity index (χ0) is 22.2. The molecule has 0 aliphatic rings. The minimum absolute atomic E-state index is 0.229. The number of carboxylic acids is 1. The molecule has 0 amide bonds. The molecule has 3 aromatic heterocycles. The zero-order valence-corrected chi connectivity index (χ0v) is 17.5. The third kappa shape index (κ3) is 3.53. The molecule has 0 saturated heterocycles. The Morgan fingerprint density at radius 2 is 2.03 bits per heavy atom. The van der Waals surface area contributed by atoms with Crippen molar-refractivity contribution in [2.75, 3.05) is 11.9 Å². The maximum Gasteiger partial charge on any atom is 0.335 e. The number of carbonyl (C=O) groups is 1. The Morgan fingerprint density at radius 1 is 1.16 bits per heavy atom. The van der Waals surface area contributed by atoms with E-state index in [1.165, 1.54) is 0 Å². The molecule has 3 heterocycles. The Kier molecular flexibility index (Phi) is 4.78. The van der Waals surface area contributed by atoms with Gasteiger partial charge in [0.25, 0.3) is 0 Å². The second kappa shape index (κ2) is 7.77. The lowest BCUT2D eigenvalue weighted by molar-refractivity contribution is 0.0697. The van der Waals surface area contributed by atoms with E-state index in [-0.39, 0.29) is 5.56 Å². The van der Waals surface area contributed by atoms with Crippen LogP contribution in [-0.4, -0.2) is 42.3 Å². The molecule has 0 unspecified atom stereocenters. The normalized spacial score (nSPS) is 11.3. The summed E-state index contributed by atoms with van der Waals surface area (Å²) >= 11 is 0. The molecule has 0 atom stereocenters. The number of nitrogens with zero attached hydrogens (tertiary/aromatic N) is 5. The minimum atomic E-state index is -0.960. The predicted molar refractivity (Wildman–Crippen MR) is 120 cm³/mol. The van der Waals surface area contributed by atoms with Crippen LogP contribution in [0.15, 0.2) is 53.2 Å². The monoisotopic (exact) mass is 428 g/mol. The van der Waals surface area contributed by atoms with Crippen molar-refractivity contribution in [1.29, 1.82) is 0 Å². The molecule has 0 radical (unpaired) electrons. The van der Waals surface area contributed by atoms with Gasteiger partial charge in [-0.2, -0.15) is 4.98 Å². The van der Waals surface area contributed by atoms with Crippen molar-refractivity contribution in [3.05, 3.63) is 65.9 Å². The first-order valence-electron chi connectivity index (χ1n) is 10.1. The number of pyridine rings is 1. The van der Waals surface area contributed by atoms with Gasteiger partial charge in [-0.15, -0.1) is 0 Å². The second-order valence-electron chi connectivity index (χ2n) is 7.50. The Labute approximate surface area is 182 Å². The van der Waals surface area contributed by atoms with E-state index < -0.39 is 5.97 Å². The largest absolute Gasteiger partial charge is 0.478 e. The summed E-state index contributed by atoms with van der Waals surface area (Å²) in [4.78, 5) is 24.6. The molecular formula is C23H20N6O3. The van der Waals surface area contributed by atoms with Gasteiger partial charge in [-0.05, 0) is 35.7 Å². The first-order chi connectivity index (χ1) is 15.5. The quantitative estimate of drug-likeness (QED) is 0.419. The lowest BCUT2D eigenvalue weighted by Crippen LogP contribution is -2.10. The number of benzene rings is 2. The number of aromatic carboxylic acids is 1. The van der Waals surface area contributed by atoms with Crippen molar-refractivity contribution in [3.63, 3.8) is 0 Å². The zero-order valence-electron chi connectivity index (χ0n) is 17.5. The first-order valence-corrected chi connectivity index (χ1v) is 10.1. The maximum absolute atomic E-state index is 11.2. The van der Waals surface area contributed by atoms with E-state index in [0.717, 1.165) is 33.5 Å². The Hall–Kier alpha value is -4.27. The topological polar surface area (TPSA) is 119 Å². The molecule has 2 aromatic carbocycles. The number of hydrogen-bond donors (Lipinski definition) is 2. The van der Waals surface area contributed by atoms with Crippen LogP contribution in [0, 0.1) is 6.92 Å². The van der Waals surface area contributed by atoms with Crippen molar-refractivity contribution in [2.24, 2.45) is 7.05 Å². The van der Waals surface area contributed by atoms with Gasteiger partial charge in [-0.25, -0.2) is 14.8 Å². The van der Waals surface area contributed by atoms with Crippen LogP contribution in [0.5, 0.6) is 0 Å². The van der Waals surface area contributed by atoms with Crippen LogP contribution in [0.25, 0.3) is 33.2 Å². The van der Waals surface area contributed by atoms with Crippen LogP contribution in [0.2, 0.25) is 0 Å². The fourth-order valence-corrected chi connectivity index (χ4v) is 3.76. The number of aromatic nitrogens is 5. The molecule has 0 aliphatic carbocycles. The lowest BCUT2D eigenvalue weighted by Gasteiger charge is -2.09. The molecule has 0 aliphatic heterocycles. The molecule has 160 valence electrons. The average molecular weight is 428 g/mol. The van der Waals surface area contributed by atoms with E-state index in [9.17, 15) is 9.90 Å². The highest BCUT2D eigenvalue weighted by atomic mass is 16.5. The highest BCUT2D eigenvalue weighted by Gasteiger charge is 2.12. The molecule has 0 bridgehead atoms. The number of imidazole rings is 1. The third-order valence-electron chi connectivity index (χ3n) is 5.41. The number of carboxylic acid groups (broad SMARTS) is 1. The summed E-state index contributed by atoms with van der Waals surface area (Å²) in [6.07, 6.45) is 2.42. The minimum Gasteiger partial charge on any atom is -0.478 e. The number of fused-ring (bicyclic) bond motifs is 2. The van der Waals surface area contributed by atoms with Gasteiger partial charge in [0.1, 0.15) is 11.6 Å². The van der Waals surface area contributed by atoms with Crippen molar-refractivity contribution in [2.45, 2.75) is 13.3 Å². The molecule has 2 N–H and O–H groups in total. The molecular weight excluding hydrogens is 408 g/mol. The summed E-state index contributed by atoms with van der Waals surface area (Å²) in [5.74, 6) is 1.72. The van der Waals surface area contributed by atoms with Crippen LogP contribution >= 0.6 is 0 Å². The molecule has 0 saturated carbocycles. The van der Waals surface area contributed by atoms with E-state index in [4.69, 9.17) is 4.52 Å². The smallest absolute Gasteiger partial charge is 0.335 e. The van der Waals surface area contributed by atoms with Crippen molar-refractivity contribution >= 4 is 33.6 Å². The lowest BCUT2D eigenvalue weighted by atomic mass is 10.1. The average Bonchev–Trinajstić information content (AvgIpc) is 3.36. The van der Waals surface area contributed by atoms with E-state index in [2.05, 4.69) is 25.4 Å². The molecule has 0 spiro atoms. The van der Waals surface area contributed by atoms with Crippen LogP contribution in [0.4, 0.5) is 5.82 Å². The van der Waals surface area contributed by atoms with Crippen LogP contribution in [0.1, 0.15) is 22.1 Å². The molecule has 5 aromatic rings.